The second kappa shape index (κ2) is 7.65. The number of amides is 1. The third-order valence-corrected chi connectivity index (χ3v) is 7.46. The zero-order chi connectivity index (χ0) is 22.5. The number of carbonyl (C=O) groups excluding carboxylic acids is 1. The fourth-order valence-corrected chi connectivity index (χ4v) is 5.90. The molecule has 170 valence electrons. The van der Waals surface area contributed by atoms with Gasteiger partial charge in [0.2, 0.25) is 5.95 Å². The van der Waals surface area contributed by atoms with E-state index >= 15 is 0 Å². The summed E-state index contributed by atoms with van der Waals surface area (Å²) in [5.41, 5.74) is 1.67. The Labute approximate surface area is 186 Å². The number of anilines is 1. The van der Waals surface area contributed by atoms with Gasteiger partial charge < -0.3 is 15.2 Å². The van der Waals surface area contributed by atoms with Crippen molar-refractivity contribution in [3.63, 3.8) is 0 Å². The van der Waals surface area contributed by atoms with Gasteiger partial charge in [0.1, 0.15) is 11.5 Å². The van der Waals surface area contributed by atoms with E-state index in [-0.39, 0.29) is 16.7 Å². The second-order valence-electron chi connectivity index (χ2n) is 9.60. The van der Waals surface area contributed by atoms with Gasteiger partial charge in [-0.2, -0.15) is 4.39 Å². The van der Waals surface area contributed by atoms with Crippen molar-refractivity contribution < 1.29 is 9.18 Å². The quantitative estimate of drug-likeness (QED) is 0.661. The molecular weight excluding hydrogens is 411 g/mol. The minimum absolute atomic E-state index is 0.00234. The molecule has 32 heavy (non-hydrogen) atoms. The van der Waals surface area contributed by atoms with E-state index < -0.39 is 11.9 Å². The molecule has 1 aliphatic heterocycles. The highest BCUT2D eigenvalue weighted by Crippen LogP contribution is 2.73. The monoisotopic (exact) mass is 440 g/mol. The summed E-state index contributed by atoms with van der Waals surface area (Å²) in [5, 5.41) is 2.46. The first kappa shape index (κ1) is 21.1. The molecule has 0 radical (unpaired) electrons. The van der Waals surface area contributed by atoms with Crippen LogP contribution in [0.1, 0.15) is 48.1 Å². The number of piperazine rings is 1. The van der Waals surface area contributed by atoms with E-state index in [0.717, 1.165) is 63.4 Å². The van der Waals surface area contributed by atoms with Crippen molar-refractivity contribution in [2.45, 2.75) is 38.0 Å². The number of nitrogens with zero attached hydrogens (tertiary/aromatic N) is 4. The Bertz CT molecular complexity index is 1090. The average Bonchev–Trinajstić information content (AvgIpc) is 2.75. The minimum Gasteiger partial charge on any atom is -0.365 e. The number of aromatic amines is 1. The first-order chi connectivity index (χ1) is 15.4. The Morgan fingerprint density at radius 2 is 1.94 bits per heavy atom. The van der Waals surface area contributed by atoms with Gasteiger partial charge in [-0.25, -0.2) is 9.97 Å². The highest BCUT2D eigenvalue weighted by atomic mass is 19.1. The van der Waals surface area contributed by atoms with Crippen molar-refractivity contribution in [1.82, 2.24) is 25.2 Å². The molecule has 4 aliphatic rings. The molecule has 1 saturated heterocycles. The van der Waals surface area contributed by atoms with Crippen LogP contribution < -0.4 is 15.8 Å². The molecule has 0 atom stereocenters. The molecule has 2 aromatic rings. The number of hydrogen-bond acceptors (Lipinski definition) is 6. The lowest BCUT2D eigenvalue weighted by Crippen LogP contribution is -2.69. The summed E-state index contributed by atoms with van der Waals surface area (Å²) in [5.74, 6) is -0.136. The van der Waals surface area contributed by atoms with Gasteiger partial charge >= 0.3 is 0 Å². The van der Waals surface area contributed by atoms with Crippen molar-refractivity contribution in [3.05, 3.63) is 51.7 Å². The maximum Gasteiger partial charge on any atom is 0.269 e. The number of carbonyl (C=O) groups is 1. The molecule has 2 N–H and O–H groups in total. The topological polar surface area (TPSA) is 94.2 Å². The number of nitrogens with one attached hydrogen (secondary N) is 2. The van der Waals surface area contributed by atoms with Gasteiger partial charge in [-0.1, -0.05) is 6.92 Å². The van der Waals surface area contributed by atoms with Crippen LogP contribution in [0.25, 0.3) is 0 Å². The van der Waals surface area contributed by atoms with E-state index in [1.165, 1.54) is 7.05 Å². The van der Waals surface area contributed by atoms with Crippen LogP contribution >= 0.6 is 0 Å². The summed E-state index contributed by atoms with van der Waals surface area (Å²) in [4.78, 5) is 39.6. The van der Waals surface area contributed by atoms with Gasteiger partial charge in [-0.05, 0) is 43.2 Å². The van der Waals surface area contributed by atoms with Crippen molar-refractivity contribution in [3.8, 4) is 0 Å². The third kappa shape index (κ3) is 3.39. The van der Waals surface area contributed by atoms with Gasteiger partial charge in [0.15, 0.2) is 0 Å². The molecule has 2 aromatic heterocycles. The average molecular weight is 441 g/mol. The van der Waals surface area contributed by atoms with Gasteiger partial charge in [-0.15, -0.1) is 0 Å². The van der Waals surface area contributed by atoms with Gasteiger partial charge in [-0.3, -0.25) is 14.5 Å². The van der Waals surface area contributed by atoms with Crippen molar-refractivity contribution >= 4 is 11.6 Å². The molecule has 0 unspecified atom stereocenters. The van der Waals surface area contributed by atoms with Gasteiger partial charge in [0.25, 0.3) is 11.5 Å². The zero-order valence-electron chi connectivity index (χ0n) is 18.6. The Morgan fingerprint density at radius 1 is 1.22 bits per heavy atom. The summed E-state index contributed by atoms with van der Waals surface area (Å²) < 4.78 is 14.5. The Morgan fingerprint density at radius 3 is 2.53 bits per heavy atom. The molecule has 9 heteroatoms. The van der Waals surface area contributed by atoms with E-state index in [9.17, 15) is 14.0 Å². The van der Waals surface area contributed by atoms with E-state index in [1.807, 2.05) is 11.8 Å². The largest absolute Gasteiger partial charge is 0.365 e. The number of hydrogen-bond donors (Lipinski definition) is 2. The third-order valence-electron chi connectivity index (χ3n) is 7.46. The van der Waals surface area contributed by atoms with Crippen molar-refractivity contribution in [2.24, 2.45) is 5.41 Å². The highest BCUT2D eigenvalue weighted by Gasteiger charge is 2.69. The van der Waals surface area contributed by atoms with Crippen LogP contribution in [-0.2, 0) is 11.8 Å². The molecule has 4 fully saturated rings. The predicted molar refractivity (Wildman–Crippen MR) is 118 cm³/mol. The number of aryl methyl sites for hydroxylation is 1. The maximum atomic E-state index is 14.5. The molecule has 2 bridgehead atoms. The lowest BCUT2D eigenvalue weighted by atomic mass is 9.34. The smallest absolute Gasteiger partial charge is 0.269 e. The first-order valence-corrected chi connectivity index (χ1v) is 11.3. The predicted octanol–water partition coefficient (Wildman–Crippen LogP) is 1.47. The lowest BCUT2D eigenvalue weighted by molar-refractivity contribution is -0.160. The first-order valence-electron chi connectivity index (χ1n) is 11.3. The SMILES string of the molecule is CCc1cnc(C23CC(CN4CCN(c5ccc(C(=O)NC)nc5F)CC4)(C2)C3)[nH]c1=O. The van der Waals surface area contributed by atoms with Gasteiger partial charge in [0, 0.05) is 56.9 Å². The van der Waals surface area contributed by atoms with Crippen LogP contribution in [0.2, 0.25) is 0 Å². The van der Waals surface area contributed by atoms with Crippen LogP contribution in [0.4, 0.5) is 10.1 Å². The summed E-state index contributed by atoms with van der Waals surface area (Å²) in [6.45, 7) is 6.19. The van der Waals surface area contributed by atoms with Crippen molar-refractivity contribution in [1.29, 1.82) is 0 Å². The number of pyridine rings is 1. The van der Waals surface area contributed by atoms with Crippen LogP contribution in [0.3, 0.4) is 0 Å². The number of rotatable bonds is 6. The molecule has 3 saturated carbocycles. The zero-order valence-corrected chi connectivity index (χ0v) is 18.6. The summed E-state index contributed by atoms with van der Waals surface area (Å²) in [7, 11) is 1.50. The van der Waals surface area contributed by atoms with Crippen molar-refractivity contribution in [2.75, 3.05) is 44.7 Å². The Hall–Kier alpha value is -2.81. The summed E-state index contributed by atoms with van der Waals surface area (Å²) >= 11 is 0. The van der Waals surface area contributed by atoms with Crippen LogP contribution in [0.5, 0.6) is 0 Å². The normalized spacial score (nSPS) is 26.9. The number of halogens is 1. The van der Waals surface area contributed by atoms with E-state index in [4.69, 9.17) is 0 Å². The van der Waals surface area contributed by atoms with Crippen LogP contribution in [0.15, 0.2) is 23.1 Å². The molecule has 1 amide bonds. The molecule has 6 rings (SSSR count). The summed E-state index contributed by atoms with van der Waals surface area (Å²) in [6.07, 6.45) is 5.66. The Kier molecular flexibility index (Phi) is 5.03. The number of H-pyrrole nitrogens is 1. The maximum absolute atomic E-state index is 14.5. The second-order valence-corrected chi connectivity index (χ2v) is 9.60. The molecule has 8 nitrogen and oxygen atoms in total. The van der Waals surface area contributed by atoms with Crippen LogP contribution in [-0.4, -0.2) is 65.5 Å². The molecule has 0 aromatic carbocycles. The van der Waals surface area contributed by atoms with Crippen LogP contribution in [0, 0.1) is 11.4 Å². The molecule has 3 heterocycles. The highest BCUT2D eigenvalue weighted by molar-refractivity contribution is 5.92. The van der Waals surface area contributed by atoms with E-state index in [1.54, 1.807) is 18.3 Å². The molecule has 0 spiro atoms. The number of aromatic nitrogens is 3. The van der Waals surface area contributed by atoms with E-state index in [0.29, 0.717) is 17.5 Å². The van der Waals surface area contributed by atoms with Gasteiger partial charge in [0.05, 0.1) is 5.69 Å². The summed E-state index contributed by atoms with van der Waals surface area (Å²) in [6, 6.07) is 3.21. The Balaban J connectivity index is 1.15. The fraction of sp³-hybridized carbons (Fsp3) is 0.565. The fourth-order valence-electron chi connectivity index (χ4n) is 5.90. The minimum atomic E-state index is -0.600. The standard InChI is InChI=1S/C23H29FN6O2/c1-3-15-10-26-21(28-19(15)31)23-11-22(12-23,13-23)14-29-6-8-30(9-7-29)17-5-4-16(20(32)25-2)27-18(17)24/h4-5,10H,3,6-9,11-14H2,1-2H3,(H,25,32)(H,26,28,31). The molecule has 3 aliphatic carbocycles. The lowest BCUT2D eigenvalue weighted by Gasteiger charge is -2.71. The molecular formula is C23H29FN6O2. The van der Waals surface area contributed by atoms with E-state index in [2.05, 4.69) is 25.2 Å².